The summed E-state index contributed by atoms with van der Waals surface area (Å²) in [5, 5.41) is 14.1. The Labute approximate surface area is 200 Å². The van der Waals surface area contributed by atoms with Crippen molar-refractivity contribution in [2.75, 3.05) is 36.4 Å². The maximum absolute atomic E-state index is 14.2. The number of thiazole rings is 1. The van der Waals surface area contributed by atoms with Gasteiger partial charge in [-0.15, -0.1) is 11.3 Å². The first-order chi connectivity index (χ1) is 16.6. The number of carbonyl (C=O) groups is 1. The average Bonchev–Trinajstić information content (AvgIpc) is 3.59. The predicted octanol–water partition coefficient (Wildman–Crippen LogP) is 4.45. The summed E-state index contributed by atoms with van der Waals surface area (Å²) in [6.45, 7) is 3.85. The van der Waals surface area contributed by atoms with Crippen molar-refractivity contribution >= 4 is 39.5 Å². The molecular weight excluding hydrogens is 451 g/mol. The zero-order chi connectivity index (χ0) is 23.1. The number of halogens is 1. The molecule has 1 atom stereocenters. The molecule has 0 bridgehead atoms. The minimum absolute atomic E-state index is 0.254. The smallest absolute Gasteiger partial charge is 0.275 e. The van der Waals surface area contributed by atoms with Crippen LogP contribution < -0.4 is 15.5 Å². The fourth-order valence-corrected chi connectivity index (χ4v) is 5.99. The van der Waals surface area contributed by atoms with Gasteiger partial charge >= 0.3 is 0 Å². The Morgan fingerprint density at radius 1 is 1.21 bits per heavy atom. The summed E-state index contributed by atoms with van der Waals surface area (Å²) in [6.07, 6.45) is 5.21. The van der Waals surface area contributed by atoms with Gasteiger partial charge in [0.2, 0.25) is 5.13 Å². The predicted molar refractivity (Wildman–Crippen MR) is 132 cm³/mol. The molecule has 1 unspecified atom stereocenters. The summed E-state index contributed by atoms with van der Waals surface area (Å²) in [5.74, 6) is -0.740. The number of piperidine rings is 1. The summed E-state index contributed by atoms with van der Waals surface area (Å²) in [5.41, 5.74) is 2.80. The molecule has 1 amide bonds. The Bertz CT molecular complexity index is 1360. The molecule has 2 saturated heterocycles. The molecule has 0 aliphatic carbocycles. The van der Waals surface area contributed by atoms with Crippen LogP contribution in [0.25, 0.3) is 16.0 Å². The van der Waals surface area contributed by atoms with Crippen LogP contribution in [-0.2, 0) is 0 Å². The summed E-state index contributed by atoms with van der Waals surface area (Å²) in [6, 6.07) is 12.5. The molecule has 0 radical (unpaired) electrons. The highest BCUT2D eigenvalue weighted by Crippen LogP contribution is 2.39. The largest absolute Gasteiger partial charge is 0.369 e. The van der Waals surface area contributed by atoms with E-state index < -0.39 is 0 Å². The fourth-order valence-electron chi connectivity index (χ4n) is 5.22. The van der Waals surface area contributed by atoms with Gasteiger partial charge in [0.1, 0.15) is 11.5 Å². The number of para-hydroxylation sites is 1. The molecule has 9 heteroatoms. The van der Waals surface area contributed by atoms with Crippen molar-refractivity contribution in [1.29, 1.82) is 0 Å². The lowest BCUT2D eigenvalue weighted by molar-refractivity contribution is 0.102. The van der Waals surface area contributed by atoms with E-state index >= 15 is 0 Å². The number of nitrogens with zero attached hydrogens (tertiary/aromatic N) is 4. The number of anilines is 2. The Balaban J connectivity index is 1.25. The number of hydrogen-bond acceptors (Lipinski definition) is 6. The first-order valence-electron chi connectivity index (χ1n) is 11.6. The Hall–Kier alpha value is -3.30. The molecule has 7 nitrogen and oxygen atoms in total. The number of nitrogens with one attached hydrogen (secondary N) is 2. The van der Waals surface area contributed by atoms with Crippen molar-refractivity contribution < 1.29 is 9.18 Å². The van der Waals surface area contributed by atoms with Crippen LogP contribution in [0.4, 0.5) is 15.8 Å². The summed E-state index contributed by atoms with van der Waals surface area (Å²) >= 11 is 1.35. The van der Waals surface area contributed by atoms with Gasteiger partial charge in [0.25, 0.3) is 5.91 Å². The van der Waals surface area contributed by atoms with E-state index in [1.54, 1.807) is 22.3 Å². The number of amides is 1. The number of hydrogen-bond donors (Lipinski definition) is 2. The molecule has 2 aliphatic heterocycles. The number of aromatic nitrogens is 3. The van der Waals surface area contributed by atoms with E-state index in [0.717, 1.165) is 55.6 Å². The van der Waals surface area contributed by atoms with E-state index in [4.69, 9.17) is 0 Å². The van der Waals surface area contributed by atoms with Crippen molar-refractivity contribution in [2.24, 2.45) is 5.41 Å². The molecule has 6 rings (SSSR count). The summed E-state index contributed by atoms with van der Waals surface area (Å²) in [7, 11) is 0. The van der Waals surface area contributed by atoms with E-state index in [1.165, 1.54) is 29.9 Å². The van der Waals surface area contributed by atoms with Crippen LogP contribution in [0.2, 0.25) is 0 Å². The average molecular weight is 477 g/mol. The first kappa shape index (κ1) is 21.2. The molecule has 2 fully saturated rings. The molecule has 1 spiro atoms. The van der Waals surface area contributed by atoms with Crippen LogP contribution in [0.15, 0.2) is 54.0 Å². The van der Waals surface area contributed by atoms with E-state index in [2.05, 4.69) is 25.6 Å². The van der Waals surface area contributed by atoms with E-state index in [-0.39, 0.29) is 22.8 Å². The van der Waals surface area contributed by atoms with Crippen molar-refractivity contribution in [3.63, 3.8) is 0 Å². The molecule has 174 valence electrons. The van der Waals surface area contributed by atoms with Crippen LogP contribution in [0.5, 0.6) is 0 Å². The van der Waals surface area contributed by atoms with Crippen molar-refractivity contribution in [3.05, 3.63) is 65.6 Å². The van der Waals surface area contributed by atoms with E-state index in [0.29, 0.717) is 10.8 Å². The third kappa shape index (κ3) is 3.84. The molecule has 34 heavy (non-hydrogen) atoms. The Morgan fingerprint density at radius 2 is 2.12 bits per heavy atom. The molecule has 2 aliphatic rings. The maximum atomic E-state index is 14.2. The highest BCUT2D eigenvalue weighted by atomic mass is 32.1. The van der Waals surface area contributed by atoms with Gasteiger partial charge in [0.05, 0.1) is 23.1 Å². The first-order valence-corrected chi connectivity index (χ1v) is 12.4. The molecule has 2 N–H and O–H groups in total. The highest BCUT2D eigenvalue weighted by molar-refractivity contribution is 7.12. The van der Waals surface area contributed by atoms with Gasteiger partial charge < -0.3 is 15.5 Å². The number of benzene rings is 2. The third-order valence-electron chi connectivity index (χ3n) is 6.92. The second-order valence-electron chi connectivity index (χ2n) is 9.20. The zero-order valence-electron chi connectivity index (χ0n) is 18.6. The highest BCUT2D eigenvalue weighted by Gasteiger charge is 2.38. The minimum Gasteiger partial charge on any atom is -0.369 e. The van der Waals surface area contributed by atoms with E-state index in [9.17, 15) is 9.18 Å². The Kier molecular flexibility index (Phi) is 5.30. The van der Waals surface area contributed by atoms with Crippen molar-refractivity contribution in [1.82, 2.24) is 20.1 Å². The van der Waals surface area contributed by atoms with Crippen LogP contribution in [0, 0.1) is 11.2 Å². The number of rotatable bonds is 4. The molecule has 2 aromatic heterocycles. The quantitative estimate of drug-likeness (QED) is 0.455. The maximum Gasteiger partial charge on any atom is 0.275 e. The number of fused-ring (bicyclic) bond motifs is 1. The molecular formula is C25H25FN6OS. The van der Waals surface area contributed by atoms with Crippen molar-refractivity contribution in [2.45, 2.75) is 19.3 Å². The van der Waals surface area contributed by atoms with Crippen LogP contribution in [0.3, 0.4) is 0 Å². The van der Waals surface area contributed by atoms with Gasteiger partial charge in [0, 0.05) is 35.8 Å². The topological polar surface area (TPSA) is 75.1 Å². The normalized spacial score (nSPS) is 20.3. The van der Waals surface area contributed by atoms with Crippen LogP contribution in [0.1, 0.15) is 29.8 Å². The van der Waals surface area contributed by atoms with Crippen LogP contribution >= 0.6 is 11.3 Å². The minimum atomic E-state index is -0.379. The standard InChI is InChI=1S/C25H25FN6OS/c26-18-6-7-22(31-11-3-8-25(16-31)9-10-27-15-25)19(12-18)29-23(33)20-14-34-24(30-20)32-21-5-2-1-4-17(21)13-28-32/h1-2,4-7,12-14,27H,3,8-11,15-16H2,(H,29,33). The van der Waals surface area contributed by atoms with Gasteiger partial charge in [-0.25, -0.2) is 14.1 Å². The van der Waals surface area contributed by atoms with E-state index in [1.807, 2.05) is 24.3 Å². The monoisotopic (exact) mass is 476 g/mol. The molecule has 2 aromatic carbocycles. The fraction of sp³-hybridized carbons (Fsp3) is 0.320. The van der Waals surface area contributed by atoms with Gasteiger partial charge in [-0.2, -0.15) is 5.10 Å². The van der Waals surface area contributed by atoms with Gasteiger partial charge in [0.15, 0.2) is 0 Å². The van der Waals surface area contributed by atoms with Gasteiger partial charge in [-0.05, 0) is 50.1 Å². The second-order valence-corrected chi connectivity index (χ2v) is 10.0. The van der Waals surface area contributed by atoms with Crippen molar-refractivity contribution in [3.8, 4) is 5.13 Å². The molecule has 4 heterocycles. The lowest BCUT2D eigenvalue weighted by atomic mass is 9.79. The SMILES string of the molecule is O=C(Nc1cc(F)ccc1N1CCCC2(CCNC2)C1)c1csc(-n2ncc3ccccc32)n1. The summed E-state index contributed by atoms with van der Waals surface area (Å²) < 4.78 is 15.9. The third-order valence-corrected chi connectivity index (χ3v) is 7.74. The summed E-state index contributed by atoms with van der Waals surface area (Å²) in [4.78, 5) is 19.9. The molecule has 0 saturated carbocycles. The molecule has 4 aromatic rings. The lowest BCUT2D eigenvalue weighted by Crippen LogP contribution is -2.44. The van der Waals surface area contributed by atoms with Gasteiger partial charge in [-0.3, -0.25) is 4.79 Å². The van der Waals surface area contributed by atoms with Crippen LogP contribution in [-0.4, -0.2) is 46.9 Å². The van der Waals surface area contributed by atoms with Gasteiger partial charge in [-0.1, -0.05) is 18.2 Å². The second kappa shape index (κ2) is 8.48. The number of carbonyl (C=O) groups excluding carboxylic acids is 1. The lowest BCUT2D eigenvalue weighted by Gasteiger charge is -2.41. The zero-order valence-corrected chi connectivity index (χ0v) is 19.4. The Morgan fingerprint density at radius 3 is 3.00 bits per heavy atom.